The minimum Gasteiger partial charge on any atom is -0.493 e. The summed E-state index contributed by atoms with van der Waals surface area (Å²) in [6, 6.07) is 5.54. The molecule has 1 aromatic rings. The van der Waals surface area contributed by atoms with Gasteiger partial charge in [-0.15, -0.1) is 0 Å². The minimum absolute atomic E-state index is 0.0638. The highest BCUT2D eigenvalue weighted by Crippen LogP contribution is 2.27. The fraction of sp³-hybridized carbons (Fsp3) is 0.588. The van der Waals surface area contributed by atoms with E-state index in [2.05, 4.69) is 4.72 Å². The topological polar surface area (TPSA) is 84.9 Å². The molecule has 2 rings (SSSR count). The Bertz CT molecular complexity index is 705. The van der Waals surface area contributed by atoms with Crippen molar-refractivity contribution in [1.29, 1.82) is 0 Å². The van der Waals surface area contributed by atoms with Gasteiger partial charge in [0.15, 0.2) is 18.1 Å². The smallest absolute Gasteiger partial charge is 0.260 e. The van der Waals surface area contributed by atoms with Gasteiger partial charge in [-0.2, -0.15) is 0 Å². The number of piperidine rings is 1. The van der Waals surface area contributed by atoms with Gasteiger partial charge in [0.25, 0.3) is 5.91 Å². The monoisotopic (exact) mass is 370 g/mol. The van der Waals surface area contributed by atoms with Gasteiger partial charge in [-0.1, -0.05) is 6.07 Å². The molecule has 0 saturated carbocycles. The molecule has 1 amide bonds. The number of hydrogen-bond donors (Lipinski definition) is 1. The van der Waals surface area contributed by atoms with Crippen molar-refractivity contribution in [3.63, 3.8) is 0 Å². The normalized spacial score (nSPS) is 18.0. The number of likely N-dealkylation sites (tertiary alicyclic amines) is 1. The Labute approximate surface area is 149 Å². The van der Waals surface area contributed by atoms with Gasteiger partial charge in [-0.25, -0.2) is 13.1 Å². The maximum Gasteiger partial charge on any atom is 0.260 e. The number of hydrogen-bond acceptors (Lipinski definition) is 5. The summed E-state index contributed by atoms with van der Waals surface area (Å²) >= 11 is 0. The molecule has 0 aromatic heterocycles. The molecule has 0 bridgehead atoms. The molecule has 0 spiro atoms. The Kier molecular flexibility index (Phi) is 6.66. The molecule has 8 heteroatoms. The van der Waals surface area contributed by atoms with Crippen molar-refractivity contribution in [2.45, 2.75) is 19.8 Å². The second-order valence-electron chi connectivity index (χ2n) is 6.41. The number of carbonyl (C=O) groups is 1. The standard InChI is InChI=1S/C17H26N2O5S/c1-13-6-7-15(16(9-13)23-2)24-12-17(20)19-8-4-5-14(11-19)10-18-25(3,21)22/h6-7,9,14,18H,4-5,8,10-12H2,1-3H3. The molecule has 1 saturated heterocycles. The lowest BCUT2D eigenvalue weighted by Gasteiger charge is -2.32. The first-order valence-corrected chi connectivity index (χ1v) is 10.2. The van der Waals surface area contributed by atoms with Crippen molar-refractivity contribution in [2.24, 2.45) is 5.92 Å². The van der Waals surface area contributed by atoms with E-state index in [0.29, 0.717) is 31.1 Å². The van der Waals surface area contributed by atoms with Gasteiger partial charge in [-0.3, -0.25) is 4.79 Å². The predicted molar refractivity (Wildman–Crippen MR) is 95.4 cm³/mol. The number of benzene rings is 1. The summed E-state index contributed by atoms with van der Waals surface area (Å²) in [6.07, 6.45) is 2.90. The molecule has 1 aliphatic rings. The Morgan fingerprint density at radius 2 is 2.12 bits per heavy atom. The maximum atomic E-state index is 12.4. The third-order valence-electron chi connectivity index (χ3n) is 4.18. The molecule has 0 aliphatic carbocycles. The zero-order chi connectivity index (χ0) is 18.4. The first kappa shape index (κ1) is 19.5. The summed E-state index contributed by atoms with van der Waals surface area (Å²) in [6.45, 7) is 3.45. The SMILES string of the molecule is COc1cc(C)ccc1OCC(=O)N1CCCC(CNS(C)(=O)=O)C1. The number of nitrogens with one attached hydrogen (secondary N) is 1. The Balaban J connectivity index is 1.88. The summed E-state index contributed by atoms with van der Waals surface area (Å²) in [4.78, 5) is 14.1. The molecule has 1 heterocycles. The quantitative estimate of drug-likeness (QED) is 0.779. The molecule has 1 unspecified atom stereocenters. The highest BCUT2D eigenvalue weighted by Gasteiger charge is 2.24. The Morgan fingerprint density at radius 1 is 1.36 bits per heavy atom. The van der Waals surface area contributed by atoms with Crippen LogP contribution in [0.3, 0.4) is 0 Å². The van der Waals surface area contributed by atoms with Crippen molar-refractivity contribution in [2.75, 3.05) is 39.6 Å². The van der Waals surface area contributed by atoms with E-state index in [1.54, 1.807) is 18.1 Å². The van der Waals surface area contributed by atoms with Gasteiger partial charge in [0.05, 0.1) is 13.4 Å². The first-order chi connectivity index (χ1) is 11.8. The van der Waals surface area contributed by atoms with Gasteiger partial charge in [0.1, 0.15) is 0 Å². The molecule has 1 aliphatic heterocycles. The zero-order valence-electron chi connectivity index (χ0n) is 14.9. The van der Waals surface area contributed by atoms with E-state index in [9.17, 15) is 13.2 Å². The number of ether oxygens (including phenoxy) is 2. The van der Waals surface area contributed by atoms with Crippen LogP contribution >= 0.6 is 0 Å². The first-order valence-electron chi connectivity index (χ1n) is 8.28. The van der Waals surface area contributed by atoms with Crippen molar-refractivity contribution >= 4 is 15.9 Å². The van der Waals surface area contributed by atoms with Gasteiger partial charge in [0.2, 0.25) is 10.0 Å². The summed E-state index contributed by atoms with van der Waals surface area (Å²) in [5.41, 5.74) is 1.05. The maximum absolute atomic E-state index is 12.4. The van der Waals surface area contributed by atoms with Gasteiger partial charge < -0.3 is 14.4 Å². The molecular weight excluding hydrogens is 344 g/mol. The van der Waals surface area contributed by atoms with E-state index in [4.69, 9.17) is 9.47 Å². The number of rotatable bonds is 7. The Morgan fingerprint density at radius 3 is 2.80 bits per heavy atom. The van der Waals surface area contributed by atoms with E-state index in [1.807, 2.05) is 19.1 Å². The third kappa shape index (κ3) is 6.21. The third-order valence-corrected chi connectivity index (χ3v) is 4.87. The summed E-state index contributed by atoms with van der Waals surface area (Å²) < 4.78 is 35.8. The minimum atomic E-state index is -3.21. The summed E-state index contributed by atoms with van der Waals surface area (Å²) in [7, 11) is -1.65. The second-order valence-corrected chi connectivity index (χ2v) is 8.24. The highest BCUT2D eigenvalue weighted by molar-refractivity contribution is 7.88. The number of methoxy groups -OCH3 is 1. The van der Waals surface area contributed by atoms with E-state index in [1.165, 1.54) is 0 Å². The molecule has 140 valence electrons. The van der Waals surface area contributed by atoms with Crippen LogP contribution in [-0.2, 0) is 14.8 Å². The zero-order valence-corrected chi connectivity index (χ0v) is 15.8. The average Bonchev–Trinajstić information content (AvgIpc) is 2.58. The van der Waals surface area contributed by atoms with Crippen LogP contribution in [0, 0.1) is 12.8 Å². The van der Waals surface area contributed by atoms with Crippen LogP contribution in [0.2, 0.25) is 0 Å². The van der Waals surface area contributed by atoms with Gasteiger partial charge >= 0.3 is 0 Å². The van der Waals surface area contributed by atoms with E-state index in [-0.39, 0.29) is 18.4 Å². The van der Waals surface area contributed by atoms with Crippen molar-refractivity contribution < 1.29 is 22.7 Å². The van der Waals surface area contributed by atoms with Crippen LogP contribution in [0.15, 0.2) is 18.2 Å². The van der Waals surface area contributed by atoms with Gasteiger partial charge in [-0.05, 0) is 43.4 Å². The number of sulfonamides is 1. The van der Waals surface area contributed by atoms with Crippen LogP contribution in [0.1, 0.15) is 18.4 Å². The van der Waals surface area contributed by atoms with Crippen LogP contribution in [0.5, 0.6) is 11.5 Å². The van der Waals surface area contributed by atoms with Crippen LogP contribution in [0.4, 0.5) is 0 Å². The lowest BCUT2D eigenvalue weighted by Crippen LogP contribution is -2.45. The number of aryl methyl sites for hydroxylation is 1. The molecule has 1 fully saturated rings. The van der Waals surface area contributed by atoms with Crippen molar-refractivity contribution in [3.8, 4) is 11.5 Å². The lowest BCUT2D eigenvalue weighted by atomic mass is 9.98. The van der Waals surface area contributed by atoms with E-state index >= 15 is 0 Å². The molecule has 7 nitrogen and oxygen atoms in total. The largest absolute Gasteiger partial charge is 0.493 e. The Hall–Kier alpha value is -1.80. The van der Waals surface area contributed by atoms with E-state index in [0.717, 1.165) is 24.7 Å². The summed E-state index contributed by atoms with van der Waals surface area (Å²) in [5, 5.41) is 0. The lowest BCUT2D eigenvalue weighted by molar-refractivity contribution is -0.135. The van der Waals surface area contributed by atoms with E-state index < -0.39 is 10.0 Å². The molecule has 25 heavy (non-hydrogen) atoms. The second kappa shape index (κ2) is 8.53. The number of nitrogens with zero attached hydrogens (tertiary/aromatic N) is 1. The predicted octanol–water partition coefficient (Wildman–Crippen LogP) is 1.17. The number of amides is 1. The fourth-order valence-corrected chi connectivity index (χ4v) is 3.39. The van der Waals surface area contributed by atoms with Crippen molar-refractivity contribution in [1.82, 2.24) is 9.62 Å². The molecule has 1 N–H and O–H groups in total. The average molecular weight is 370 g/mol. The fourth-order valence-electron chi connectivity index (χ4n) is 2.85. The van der Waals surface area contributed by atoms with Crippen molar-refractivity contribution in [3.05, 3.63) is 23.8 Å². The molecular formula is C17H26N2O5S. The molecule has 1 atom stereocenters. The number of carbonyl (C=O) groups excluding carboxylic acids is 1. The van der Waals surface area contributed by atoms with Crippen LogP contribution < -0.4 is 14.2 Å². The highest BCUT2D eigenvalue weighted by atomic mass is 32.2. The van der Waals surface area contributed by atoms with Gasteiger partial charge in [0, 0.05) is 19.6 Å². The van der Waals surface area contributed by atoms with Crippen LogP contribution in [-0.4, -0.2) is 58.8 Å². The van der Waals surface area contributed by atoms with Crippen LogP contribution in [0.25, 0.3) is 0 Å². The molecule has 1 aromatic carbocycles. The molecule has 0 radical (unpaired) electrons. The summed E-state index contributed by atoms with van der Waals surface area (Å²) in [5.74, 6) is 1.16.